The molecule has 1 aromatic heterocycles. The Balaban J connectivity index is 1.93. The standard InChI is InChI=1S/C17H17ClFN3O4/c18-13-2-1-10(7-14(13)19)15-11(8-20-5-6-26-15)9-22-16(23)12(17(24)25)3-4-21-22/h1-4,7,11,15,20H,5-6,8-9H2,(H,24,25)/t11-,15-/m0/s1. The molecular weight excluding hydrogens is 365 g/mol. The maximum atomic E-state index is 13.9. The number of rotatable bonds is 4. The van der Waals surface area contributed by atoms with E-state index in [1.807, 2.05) is 0 Å². The number of carbonyl (C=O) groups is 1. The zero-order valence-electron chi connectivity index (χ0n) is 13.7. The van der Waals surface area contributed by atoms with Crippen LogP contribution in [-0.4, -0.2) is 40.6 Å². The topological polar surface area (TPSA) is 93.4 Å². The minimum atomic E-state index is -1.31. The van der Waals surface area contributed by atoms with Crippen LogP contribution in [0.2, 0.25) is 5.02 Å². The average molecular weight is 382 g/mol. The first-order valence-electron chi connectivity index (χ1n) is 8.04. The van der Waals surface area contributed by atoms with Crippen molar-refractivity contribution in [3.63, 3.8) is 0 Å². The SMILES string of the molecule is O=C(O)c1ccnn(C[C@@H]2CNCCO[C@H]2c2ccc(Cl)c(F)c2)c1=O. The molecule has 0 radical (unpaired) electrons. The van der Waals surface area contributed by atoms with E-state index in [4.69, 9.17) is 21.4 Å². The first kappa shape index (κ1) is 18.5. The highest BCUT2D eigenvalue weighted by molar-refractivity contribution is 6.30. The van der Waals surface area contributed by atoms with E-state index in [0.29, 0.717) is 25.3 Å². The quantitative estimate of drug-likeness (QED) is 0.837. The highest BCUT2D eigenvalue weighted by atomic mass is 35.5. The van der Waals surface area contributed by atoms with Gasteiger partial charge in [0.2, 0.25) is 0 Å². The predicted octanol–water partition coefficient (Wildman–Crippen LogP) is 1.71. The lowest BCUT2D eigenvalue weighted by Gasteiger charge is -2.25. The summed E-state index contributed by atoms with van der Waals surface area (Å²) in [6, 6.07) is 5.61. The second-order valence-corrected chi connectivity index (χ2v) is 6.37. The molecule has 3 rings (SSSR count). The summed E-state index contributed by atoms with van der Waals surface area (Å²) in [5.41, 5.74) is -0.440. The van der Waals surface area contributed by atoms with Gasteiger partial charge in [-0.05, 0) is 23.8 Å². The van der Waals surface area contributed by atoms with E-state index in [2.05, 4.69) is 10.4 Å². The number of carboxylic acid groups (broad SMARTS) is 1. The number of nitrogens with zero attached hydrogens (tertiary/aromatic N) is 2. The highest BCUT2D eigenvalue weighted by Crippen LogP contribution is 2.30. The molecule has 1 aliphatic rings. The number of benzene rings is 1. The van der Waals surface area contributed by atoms with Gasteiger partial charge < -0.3 is 15.2 Å². The smallest absolute Gasteiger partial charge is 0.341 e. The van der Waals surface area contributed by atoms with Gasteiger partial charge >= 0.3 is 5.97 Å². The number of aromatic carboxylic acids is 1. The van der Waals surface area contributed by atoms with Crippen molar-refractivity contribution in [1.29, 1.82) is 0 Å². The van der Waals surface area contributed by atoms with Crippen molar-refractivity contribution in [2.45, 2.75) is 12.6 Å². The lowest BCUT2D eigenvalue weighted by atomic mass is 9.95. The summed E-state index contributed by atoms with van der Waals surface area (Å²) in [6.07, 6.45) is 0.784. The molecule has 2 N–H and O–H groups in total. The number of carboxylic acids is 1. The number of halogens is 2. The number of ether oxygens (including phenoxy) is 1. The molecule has 0 saturated carbocycles. The summed E-state index contributed by atoms with van der Waals surface area (Å²) < 4.78 is 20.8. The summed E-state index contributed by atoms with van der Waals surface area (Å²) >= 11 is 5.75. The summed E-state index contributed by atoms with van der Waals surface area (Å²) in [5, 5.41) is 16.3. The van der Waals surface area contributed by atoms with Gasteiger partial charge in [0.1, 0.15) is 11.4 Å². The number of nitrogens with one attached hydrogen (secondary N) is 1. The van der Waals surface area contributed by atoms with Gasteiger partial charge in [-0.3, -0.25) is 4.79 Å². The minimum absolute atomic E-state index is 0.0177. The van der Waals surface area contributed by atoms with Gasteiger partial charge in [0.15, 0.2) is 0 Å². The molecule has 1 aliphatic heterocycles. The van der Waals surface area contributed by atoms with E-state index >= 15 is 0 Å². The van der Waals surface area contributed by atoms with Gasteiger partial charge in [0.05, 0.1) is 24.3 Å². The third-order valence-corrected chi connectivity index (χ3v) is 4.54. The fourth-order valence-corrected chi connectivity index (χ4v) is 3.09. The molecule has 0 aliphatic carbocycles. The Labute approximate surface area is 153 Å². The Morgan fingerprint density at radius 1 is 1.46 bits per heavy atom. The molecule has 2 aromatic rings. The molecule has 0 spiro atoms. The van der Waals surface area contributed by atoms with Crippen LogP contribution in [0.15, 0.2) is 35.3 Å². The molecule has 7 nitrogen and oxygen atoms in total. The summed E-state index contributed by atoms with van der Waals surface area (Å²) in [4.78, 5) is 23.4. The van der Waals surface area contributed by atoms with Crippen molar-refractivity contribution in [2.24, 2.45) is 5.92 Å². The first-order chi connectivity index (χ1) is 12.5. The third kappa shape index (κ3) is 3.92. The molecule has 1 aromatic carbocycles. The van der Waals surface area contributed by atoms with Crippen molar-refractivity contribution in [3.05, 3.63) is 62.8 Å². The van der Waals surface area contributed by atoms with Gasteiger partial charge in [0.25, 0.3) is 5.56 Å². The Bertz CT molecular complexity index is 873. The molecule has 9 heteroatoms. The van der Waals surface area contributed by atoms with Crippen LogP contribution in [0.5, 0.6) is 0 Å². The molecule has 0 amide bonds. The van der Waals surface area contributed by atoms with E-state index in [1.54, 1.807) is 6.07 Å². The zero-order chi connectivity index (χ0) is 18.7. The zero-order valence-corrected chi connectivity index (χ0v) is 14.4. The summed E-state index contributed by atoms with van der Waals surface area (Å²) in [7, 11) is 0. The van der Waals surface area contributed by atoms with Gasteiger partial charge in [-0.1, -0.05) is 17.7 Å². The lowest BCUT2D eigenvalue weighted by Crippen LogP contribution is -2.35. The van der Waals surface area contributed by atoms with E-state index in [0.717, 1.165) is 10.7 Å². The van der Waals surface area contributed by atoms with Crippen LogP contribution in [0, 0.1) is 11.7 Å². The third-order valence-electron chi connectivity index (χ3n) is 4.23. The number of hydrogen-bond acceptors (Lipinski definition) is 5. The lowest BCUT2D eigenvalue weighted by molar-refractivity contribution is 0.0236. The van der Waals surface area contributed by atoms with Crippen molar-refractivity contribution in [3.8, 4) is 0 Å². The van der Waals surface area contributed by atoms with E-state index in [-0.39, 0.29) is 23.0 Å². The molecule has 26 heavy (non-hydrogen) atoms. The van der Waals surface area contributed by atoms with Crippen molar-refractivity contribution in [1.82, 2.24) is 15.1 Å². The molecule has 138 valence electrons. The molecule has 1 fully saturated rings. The Kier molecular flexibility index (Phi) is 5.65. The Hall–Kier alpha value is -2.29. The molecular formula is C17H17ClFN3O4. The minimum Gasteiger partial charge on any atom is -0.477 e. The average Bonchev–Trinajstić information content (AvgIpc) is 2.84. The Morgan fingerprint density at radius 3 is 3.00 bits per heavy atom. The number of hydrogen-bond donors (Lipinski definition) is 2. The van der Waals surface area contributed by atoms with Crippen LogP contribution in [-0.2, 0) is 11.3 Å². The van der Waals surface area contributed by atoms with E-state index in [9.17, 15) is 14.0 Å². The van der Waals surface area contributed by atoms with E-state index in [1.165, 1.54) is 18.3 Å². The van der Waals surface area contributed by atoms with Crippen LogP contribution in [0.25, 0.3) is 0 Å². The van der Waals surface area contributed by atoms with Crippen LogP contribution >= 0.6 is 11.6 Å². The fourth-order valence-electron chi connectivity index (χ4n) is 2.97. The van der Waals surface area contributed by atoms with Crippen molar-refractivity contribution in [2.75, 3.05) is 19.7 Å². The Morgan fingerprint density at radius 2 is 2.27 bits per heavy atom. The van der Waals surface area contributed by atoms with Crippen LogP contribution in [0.1, 0.15) is 22.0 Å². The van der Waals surface area contributed by atoms with Crippen molar-refractivity contribution < 1.29 is 19.0 Å². The van der Waals surface area contributed by atoms with Crippen LogP contribution < -0.4 is 10.9 Å². The molecule has 0 unspecified atom stereocenters. The molecule has 2 atom stereocenters. The van der Waals surface area contributed by atoms with Crippen molar-refractivity contribution >= 4 is 17.6 Å². The maximum Gasteiger partial charge on any atom is 0.341 e. The molecule has 1 saturated heterocycles. The van der Waals surface area contributed by atoms with Gasteiger partial charge in [-0.25, -0.2) is 13.9 Å². The second kappa shape index (κ2) is 7.94. The molecule has 0 bridgehead atoms. The summed E-state index contributed by atoms with van der Waals surface area (Å²) in [5.74, 6) is -2.11. The summed E-state index contributed by atoms with van der Waals surface area (Å²) in [6.45, 7) is 1.66. The monoisotopic (exact) mass is 381 g/mol. The van der Waals surface area contributed by atoms with Gasteiger partial charge in [-0.2, -0.15) is 5.10 Å². The van der Waals surface area contributed by atoms with Crippen LogP contribution in [0.3, 0.4) is 0 Å². The first-order valence-corrected chi connectivity index (χ1v) is 8.42. The van der Waals surface area contributed by atoms with Crippen LogP contribution in [0.4, 0.5) is 4.39 Å². The van der Waals surface area contributed by atoms with Gasteiger partial charge in [-0.15, -0.1) is 0 Å². The normalized spacial score (nSPS) is 20.5. The van der Waals surface area contributed by atoms with Gasteiger partial charge in [0, 0.05) is 25.2 Å². The predicted molar refractivity (Wildman–Crippen MR) is 91.9 cm³/mol. The van der Waals surface area contributed by atoms with E-state index < -0.39 is 23.4 Å². The second-order valence-electron chi connectivity index (χ2n) is 5.97. The molecule has 2 heterocycles. The number of aromatic nitrogens is 2. The largest absolute Gasteiger partial charge is 0.477 e. The fraction of sp³-hybridized carbons (Fsp3) is 0.353. The maximum absolute atomic E-state index is 13.9. The highest BCUT2D eigenvalue weighted by Gasteiger charge is 2.28.